The fourth-order valence-corrected chi connectivity index (χ4v) is 2.49. The van der Waals surface area contributed by atoms with Gasteiger partial charge in [-0.25, -0.2) is 10.0 Å². The Hall–Kier alpha value is -2.52. The lowest BCUT2D eigenvalue weighted by atomic mass is 10.2. The van der Waals surface area contributed by atoms with Gasteiger partial charge >= 0.3 is 0 Å². The first kappa shape index (κ1) is 16.8. The predicted octanol–water partition coefficient (Wildman–Crippen LogP) is 1.07. The molecule has 2 aromatic rings. The monoisotopic (exact) mass is 333 g/mol. The van der Waals surface area contributed by atoms with Crippen LogP contribution in [0.5, 0.6) is 0 Å². The van der Waals surface area contributed by atoms with Crippen LogP contribution in [0.2, 0.25) is 0 Å². The summed E-state index contributed by atoms with van der Waals surface area (Å²) in [5, 5.41) is 22.0. The van der Waals surface area contributed by atoms with Crippen LogP contribution >= 0.6 is 0 Å². The van der Waals surface area contributed by atoms with Gasteiger partial charge in [0, 0.05) is 18.3 Å². The average molecular weight is 333 g/mol. The molecule has 1 atom stereocenters. The Morgan fingerprint density at radius 3 is 2.35 bits per heavy atom. The van der Waals surface area contributed by atoms with Crippen LogP contribution in [0.4, 0.5) is 5.69 Å². The molecule has 2 aromatic carbocycles. The predicted molar refractivity (Wildman–Crippen MR) is 86.5 cm³/mol. The Kier molecular flexibility index (Phi) is 5.61. The molecule has 0 heterocycles. The van der Waals surface area contributed by atoms with Gasteiger partial charge in [0.1, 0.15) is 0 Å². The van der Waals surface area contributed by atoms with E-state index in [0.717, 1.165) is 5.56 Å². The van der Waals surface area contributed by atoms with Crippen molar-refractivity contribution in [1.82, 2.24) is 4.83 Å². The summed E-state index contributed by atoms with van der Waals surface area (Å²) in [6.45, 7) is 0. The number of allylic oxidation sites excluding steroid dienone is 1. The fourth-order valence-electron chi connectivity index (χ4n) is 1.69. The number of benzene rings is 2. The van der Waals surface area contributed by atoms with E-state index in [9.17, 15) is 13.6 Å². The summed E-state index contributed by atoms with van der Waals surface area (Å²) in [5.74, 6) is 0. The first-order valence-corrected chi connectivity index (χ1v) is 8.07. The molecule has 7 nitrogen and oxygen atoms in total. The van der Waals surface area contributed by atoms with Crippen molar-refractivity contribution < 1.29 is 18.9 Å². The smallest absolute Gasteiger partial charge is 0.276 e. The Morgan fingerprint density at radius 1 is 1.09 bits per heavy atom. The Morgan fingerprint density at radius 2 is 1.74 bits per heavy atom. The summed E-state index contributed by atoms with van der Waals surface area (Å²) in [6, 6.07) is 14.3. The number of hydrogen-bond acceptors (Lipinski definition) is 5. The minimum atomic E-state index is -3.82. The number of quaternary nitrogens is 1. The van der Waals surface area contributed by atoms with Crippen LogP contribution in [0.15, 0.2) is 70.7 Å². The summed E-state index contributed by atoms with van der Waals surface area (Å²) >= 11 is 0. The molecule has 0 aliphatic carbocycles. The number of sulfonamides is 1. The molecule has 0 radical (unpaired) electrons. The van der Waals surface area contributed by atoms with Gasteiger partial charge in [0.15, 0.2) is 5.69 Å². The van der Waals surface area contributed by atoms with Gasteiger partial charge in [-0.05, 0) is 23.8 Å². The lowest BCUT2D eigenvalue weighted by Gasteiger charge is -2.11. The third kappa shape index (κ3) is 5.01. The topological polar surface area (TPSA) is 106 Å². The van der Waals surface area contributed by atoms with Gasteiger partial charge < -0.3 is 5.21 Å². The summed E-state index contributed by atoms with van der Waals surface area (Å²) in [4.78, 5) is 1.99. The van der Waals surface area contributed by atoms with E-state index in [2.05, 4.69) is 9.93 Å². The van der Waals surface area contributed by atoms with Crippen LogP contribution in [0, 0.1) is 5.21 Å². The van der Waals surface area contributed by atoms with Gasteiger partial charge in [-0.3, -0.25) is 0 Å². The molecule has 0 saturated heterocycles. The molecule has 0 saturated carbocycles. The highest BCUT2D eigenvalue weighted by Crippen LogP contribution is 2.11. The van der Waals surface area contributed by atoms with Crippen molar-refractivity contribution in [3.05, 3.63) is 71.4 Å². The largest absolute Gasteiger partial charge is 0.595 e. The molecule has 2 rings (SSSR count). The lowest BCUT2D eigenvalue weighted by Crippen LogP contribution is -2.99. The van der Waals surface area contributed by atoms with Crippen molar-refractivity contribution in [2.75, 3.05) is 0 Å². The molecule has 8 heteroatoms. The van der Waals surface area contributed by atoms with Crippen molar-refractivity contribution in [2.24, 2.45) is 5.10 Å². The first-order chi connectivity index (χ1) is 11.0. The van der Waals surface area contributed by atoms with E-state index in [0.29, 0.717) is 0 Å². The maximum Gasteiger partial charge on any atom is 0.276 e. The molecule has 0 aromatic heterocycles. The van der Waals surface area contributed by atoms with E-state index < -0.39 is 15.2 Å². The van der Waals surface area contributed by atoms with Gasteiger partial charge in [0.05, 0.1) is 4.90 Å². The highest BCUT2D eigenvalue weighted by molar-refractivity contribution is 7.89. The van der Waals surface area contributed by atoms with Gasteiger partial charge in [-0.2, -0.15) is 18.7 Å². The zero-order valence-corrected chi connectivity index (χ0v) is 12.8. The SMILES string of the molecule is O=S(=O)(N/N=C/C=C/c1ccccc1)c1ccc([NH+]([O-])O)cc1. The Balaban J connectivity index is 1.98. The molecule has 0 aliphatic rings. The van der Waals surface area contributed by atoms with Crippen LogP contribution in [0.1, 0.15) is 5.56 Å². The second kappa shape index (κ2) is 7.65. The number of nitrogens with one attached hydrogen (secondary N) is 2. The Bertz CT molecular complexity index is 785. The van der Waals surface area contributed by atoms with Crippen LogP contribution < -0.4 is 10.1 Å². The zero-order chi connectivity index (χ0) is 16.7. The third-order valence-corrected chi connectivity index (χ3v) is 4.07. The highest BCUT2D eigenvalue weighted by Gasteiger charge is 2.13. The van der Waals surface area contributed by atoms with Crippen LogP contribution in [0.25, 0.3) is 6.08 Å². The van der Waals surface area contributed by atoms with Gasteiger partial charge in [-0.1, -0.05) is 36.4 Å². The molecule has 1 unspecified atom stereocenters. The lowest BCUT2D eigenvalue weighted by molar-refractivity contribution is -0.991. The van der Waals surface area contributed by atoms with E-state index >= 15 is 0 Å². The highest BCUT2D eigenvalue weighted by atomic mass is 32.2. The first-order valence-electron chi connectivity index (χ1n) is 6.59. The second-order valence-corrected chi connectivity index (χ2v) is 6.13. The summed E-state index contributed by atoms with van der Waals surface area (Å²) < 4.78 is 23.9. The van der Waals surface area contributed by atoms with Crippen molar-refractivity contribution in [2.45, 2.75) is 4.90 Å². The minimum absolute atomic E-state index is 0.0123. The van der Waals surface area contributed by atoms with Crippen LogP contribution in [0.3, 0.4) is 0 Å². The number of nitrogens with zero attached hydrogens (tertiary/aromatic N) is 1. The summed E-state index contributed by atoms with van der Waals surface area (Å²) in [6.07, 6.45) is 4.70. The number of hydrazone groups is 1. The van der Waals surface area contributed by atoms with Gasteiger partial charge in [0.25, 0.3) is 10.0 Å². The van der Waals surface area contributed by atoms with Crippen molar-refractivity contribution in [3.63, 3.8) is 0 Å². The molecule has 0 aliphatic heterocycles. The standard InChI is InChI=1S/C15H15N3O4S/c19-18(20)14-8-10-15(11-9-14)23(21,22)17-16-12-4-7-13-5-2-1-3-6-13/h1-12,17-19H/b7-4+,16-12+. The normalized spacial score (nSPS) is 13.5. The molecule has 120 valence electrons. The van der Waals surface area contributed by atoms with E-state index in [4.69, 9.17) is 5.21 Å². The van der Waals surface area contributed by atoms with Crippen LogP contribution in [-0.4, -0.2) is 19.8 Å². The summed E-state index contributed by atoms with van der Waals surface area (Å²) in [5.41, 5.74) is 0.976. The third-order valence-electron chi connectivity index (χ3n) is 2.83. The van der Waals surface area contributed by atoms with E-state index in [1.54, 1.807) is 12.2 Å². The molecule has 3 N–H and O–H groups in total. The van der Waals surface area contributed by atoms with Crippen LogP contribution in [-0.2, 0) is 10.0 Å². The number of hydrogen-bond donors (Lipinski definition) is 3. The molecular formula is C15H15N3O4S. The van der Waals surface area contributed by atoms with Crippen molar-refractivity contribution in [1.29, 1.82) is 0 Å². The zero-order valence-electron chi connectivity index (χ0n) is 12.0. The Labute approximate surface area is 133 Å². The average Bonchev–Trinajstić information content (AvgIpc) is 2.55. The number of rotatable bonds is 6. The molecule has 0 amide bonds. The molecule has 0 bridgehead atoms. The molecule has 0 spiro atoms. The van der Waals surface area contributed by atoms with Gasteiger partial charge in [-0.15, -0.1) is 0 Å². The molecule has 0 fully saturated rings. The fraction of sp³-hybridized carbons (Fsp3) is 0. The van der Waals surface area contributed by atoms with E-state index in [-0.39, 0.29) is 10.6 Å². The maximum absolute atomic E-state index is 12.0. The van der Waals surface area contributed by atoms with E-state index in [1.807, 2.05) is 30.3 Å². The maximum atomic E-state index is 12.0. The van der Waals surface area contributed by atoms with Crippen molar-refractivity contribution >= 4 is 28.0 Å². The molecule has 23 heavy (non-hydrogen) atoms. The minimum Gasteiger partial charge on any atom is -0.595 e. The van der Waals surface area contributed by atoms with Crippen molar-refractivity contribution in [3.8, 4) is 0 Å². The quantitative estimate of drug-likeness (QED) is 0.543. The summed E-state index contributed by atoms with van der Waals surface area (Å²) in [7, 11) is -3.82. The van der Waals surface area contributed by atoms with E-state index in [1.165, 1.54) is 30.5 Å². The molecular weight excluding hydrogens is 318 g/mol. The second-order valence-electron chi connectivity index (χ2n) is 4.47. The van der Waals surface area contributed by atoms with Gasteiger partial charge in [0.2, 0.25) is 0 Å².